The first kappa shape index (κ1) is 10.6. The van der Waals surface area contributed by atoms with Crippen LogP contribution in [0, 0.1) is 17.5 Å². The molecule has 88 valence electrons. The first-order valence-corrected chi connectivity index (χ1v) is 5.63. The number of carbonyl (C=O) groups excluding carboxylic acids is 1. The van der Waals surface area contributed by atoms with Crippen LogP contribution in [0.5, 0.6) is 0 Å². The molecule has 1 amide bonds. The van der Waals surface area contributed by atoms with Crippen molar-refractivity contribution in [2.24, 2.45) is 4.99 Å². The highest BCUT2D eigenvalue weighted by Gasteiger charge is 2.36. The average Bonchev–Trinajstić information content (AvgIpc) is 2.77. The molecular weight excluding hydrogens is 253 g/mol. The van der Waals surface area contributed by atoms with Crippen LogP contribution in [0.25, 0.3) is 0 Å². The summed E-state index contributed by atoms with van der Waals surface area (Å²) >= 11 is 0.854. The summed E-state index contributed by atoms with van der Waals surface area (Å²) in [5, 5.41) is 0.340. The Kier molecular flexibility index (Phi) is 2.19. The molecule has 0 fully saturated rings. The predicted octanol–water partition coefficient (Wildman–Crippen LogP) is 2.02. The SMILES string of the molecule is O=C1c2cc(F)c(F)c(F)c2SC2=NCCN12. The number of hydrogen-bond acceptors (Lipinski definition) is 3. The molecule has 0 unspecified atom stereocenters. The highest BCUT2D eigenvalue weighted by Crippen LogP contribution is 2.37. The average molecular weight is 258 g/mol. The maximum absolute atomic E-state index is 13.5. The number of carbonyl (C=O) groups is 1. The Morgan fingerprint density at radius 3 is 2.82 bits per heavy atom. The lowest BCUT2D eigenvalue weighted by Gasteiger charge is -2.24. The molecule has 0 saturated heterocycles. The lowest BCUT2D eigenvalue weighted by atomic mass is 10.1. The molecule has 0 radical (unpaired) electrons. The van der Waals surface area contributed by atoms with E-state index >= 15 is 0 Å². The third-order valence-corrected chi connectivity index (χ3v) is 3.72. The molecular formula is C10H5F3N2OS. The Labute approximate surface area is 98.3 Å². The molecule has 0 saturated carbocycles. The maximum Gasteiger partial charge on any atom is 0.261 e. The number of halogens is 3. The molecule has 2 aliphatic heterocycles. The van der Waals surface area contributed by atoms with Crippen LogP contribution in [0.3, 0.4) is 0 Å². The number of benzene rings is 1. The zero-order valence-corrected chi connectivity index (χ0v) is 9.15. The first-order chi connectivity index (χ1) is 8.09. The first-order valence-electron chi connectivity index (χ1n) is 4.81. The van der Waals surface area contributed by atoms with Gasteiger partial charge in [0.05, 0.1) is 17.0 Å². The minimum atomic E-state index is -1.56. The van der Waals surface area contributed by atoms with Crippen molar-refractivity contribution in [3.05, 3.63) is 29.1 Å². The number of rotatable bonds is 0. The largest absolute Gasteiger partial charge is 0.285 e. The molecule has 1 aromatic carbocycles. The van der Waals surface area contributed by atoms with E-state index in [1.54, 1.807) is 0 Å². The van der Waals surface area contributed by atoms with Crippen LogP contribution >= 0.6 is 11.8 Å². The Hall–Kier alpha value is -1.50. The summed E-state index contributed by atoms with van der Waals surface area (Å²) in [6, 6.07) is 0.734. The highest BCUT2D eigenvalue weighted by atomic mass is 32.2. The second-order valence-electron chi connectivity index (χ2n) is 3.59. The van der Waals surface area contributed by atoms with Gasteiger partial charge in [-0.3, -0.25) is 14.7 Å². The molecule has 1 aromatic rings. The van der Waals surface area contributed by atoms with E-state index in [1.807, 2.05) is 0 Å². The van der Waals surface area contributed by atoms with Gasteiger partial charge < -0.3 is 0 Å². The Balaban J connectivity index is 2.23. The normalized spacial score (nSPS) is 17.9. The Bertz CT molecular complexity index is 573. The monoisotopic (exact) mass is 258 g/mol. The summed E-state index contributed by atoms with van der Waals surface area (Å²) < 4.78 is 39.6. The van der Waals surface area contributed by atoms with Crippen molar-refractivity contribution in [3.63, 3.8) is 0 Å². The summed E-state index contributed by atoms with van der Waals surface area (Å²) in [7, 11) is 0. The second-order valence-corrected chi connectivity index (χ2v) is 4.56. The number of nitrogens with zero attached hydrogens (tertiary/aromatic N) is 2. The molecule has 0 spiro atoms. The van der Waals surface area contributed by atoms with Gasteiger partial charge in [-0.1, -0.05) is 0 Å². The molecule has 2 aliphatic rings. The molecule has 7 heteroatoms. The Morgan fingerprint density at radius 1 is 1.29 bits per heavy atom. The van der Waals surface area contributed by atoms with Crippen LogP contribution in [0.4, 0.5) is 13.2 Å². The van der Waals surface area contributed by atoms with Gasteiger partial charge in [-0.05, 0) is 17.8 Å². The van der Waals surface area contributed by atoms with Crippen LogP contribution in [0.15, 0.2) is 16.0 Å². The van der Waals surface area contributed by atoms with Crippen molar-refractivity contribution in [2.75, 3.05) is 13.1 Å². The summed E-state index contributed by atoms with van der Waals surface area (Å²) in [5.74, 6) is -4.77. The number of hydrogen-bond donors (Lipinski definition) is 0. The zero-order valence-electron chi connectivity index (χ0n) is 8.34. The van der Waals surface area contributed by atoms with Gasteiger partial charge in [-0.25, -0.2) is 13.2 Å². The molecule has 0 bridgehead atoms. The van der Waals surface area contributed by atoms with E-state index in [-0.39, 0.29) is 10.5 Å². The molecule has 0 N–H and O–H groups in total. The summed E-state index contributed by atoms with van der Waals surface area (Å²) in [6.07, 6.45) is 0. The lowest BCUT2D eigenvalue weighted by Crippen LogP contribution is -2.36. The number of fused-ring (bicyclic) bond motifs is 2. The predicted molar refractivity (Wildman–Crippen MR) is 55.5 cm³/mol. The van der Waals surface area contributed by atoms with Crippen molar-refractivity contribution in [1.82, 2.24) is 4.90 Å². The number of aliphatic imine (C=N–C) groups is 1. The van der Waals surface area contributed by atoms with Crippen molar-refractivity contribution in [1.29, 1.82) is 0 Å². The van der Waals surface area contributed by atoms with Gasteiger partial charge in [0.25, 0.3) is 5.91 Å². The second kappa shape index (κ2) is 3.49. The van der Waals surface area contributed by atoms with Crippen LogP contribution < -0.4 is 0 Å². The minimum Gasteiger partial charge on any atom is -0.285 e. The lowest BCUT2D eigenvalue weighted by molar-refractivity contribution is 0.0853. The van der Waals surface area contributed by atoms with E-state index in [2.05, 4.69) is 4.99 Å². The fourth-order valence-electron chi connectivity index (χ4n) is 1.78. The summed E-state index contributed by atoms with van der Waals surface area (Å²) in [4.78, 5) is 17.0. The van der Waals surface area contributed by atoms with E-state index in [1.165, 1.54) is 4.90 Å². The van der Waals surface area contributed by atoms with Gasteiger partial charge in [-0.2, -0.15) is 0 Å². The number of amidine groups is 1. The van der Waals surface area contributed by atoms with Crippen molar-refractivity contribution in [2.45, 2.75) is 4.90 Å². The van der Waals surface area contributed by atoms with Gasteiger partial charge in [0.1, 0.15) is 0 Å². The van der Waals surface area contributed by atoms with Crippen LogP contribution in [-0.4, -0.2) is 29.1 Å². The third kappa shape index (κ3) is 1.38. The molecule has 3 rings (SSSR count). The zero-order chi connectivity index (χ0) is 12.2. The van der Waals surface area contributed by atoms with E-state index in [0.29, 0.717) is 18.3 Å². The quantitative estimate of drug-likeness (QED) is 0.667. The maximum atomic E-state index is 13.5. The van der Waals surface area contributed by atoms with Crippen molar-refractivity contribution < 1.29 is 18.0 Å². The molecule has 0 aliphatic carbocycles. The van der Waals surface area contributed by atoms with Crippen LogP contribution in [-0.2, 0) is 0 Å². The van der Waals surface area contributed by atoms with E-state index in [9.17, 15) is 18.0 Å². The van der Waals surface area contributed by atoms with Gasteiger partial charge in [0.15, 0.2) is 22.6 Å². The fraction of sp³-hybridized carbons (Fsp3) is 0.200. The van der Waals surface area contributed by atoms with E-state index in [4.69, 9.17) is 0 Å². The van der Waals surface area contributed by atoms with Gasteiger partial charge in [0.2, 0.25) is 0 Å². The topological polar surface area (TPSA) is 32.7 Å². The summed E-state index contributed by atoms with van der Waals surface area (Å²) in [5.41, 5.74) is -0.146. The van der Waals surface area contributed by atoms with E-state index in [0.717, 1.165) is 17.8 Å². The van der Waals surface area contributed by atoms with Gasteiger partial charge in [-0.15, -0.1) is 0 Å². The minimum absolute atomic E-state index is 0.146. The van der Waals surface area contributed by atoms with Crippen molar-refractivity contribution >= 4 is 22.8 Å². The Morgan fingerprint density at radius 2 is 2.06 bits per heavy atom. The molecule has 17 heavy (non-hydrogen) atoms. The molecule has 3 nitrogen and oxygen atoms in total. The standard InChI is InChI=1S/C10H5F3N2OS/c11-5-3-4-8(7(13)6(5)12)17-10-14-1-2-15(10)9(4)16/h3H,1-2H2. The van der Waals surface area contributed by atoms with Crippen LogP contribution in [0.1, 0.15) is 10.4 Å². The van der Waals surface area contributed by atoms with Gasteiger partial charge >= 0.3 is 0 Å². The summed E-state index contributed by atoms with van der Waals surface area (Å²) in [6.45, 7) is 0.815. The fourth-order valence-corrected chi connectivity index (χ4v) is 2.83. The highest BCUT2D eigenvalue weighted by molar-refractivity contribution is 8.14. The number of thioether (sulfide) groups is 1. The smallest absolute Gasteiger partial charge is 0.261 e. The van der Waals surface area contributed by atoms with Gasteiger partial charge in [0, 0.05) is 6.54 Å². The van der Waals surface area contributed by atoms with E-state index < -0.39 is 23.4 Å². The third-order valence-electron chi connectivity index (χ3n) is 2.59. The van der Waals surface area contributed by atoms with Crippen LogP contribution in [0.2, 0.25) is 0 Å². The molecule has 0 atom stereocenters. The van der Waals surface area contributed by atoms with Crippen molar-refractivity contribution in [3.8, 4) is 0 Å². The number of amides is 1. The molecule has 0 aromatic heterocycles. The molecule has 2 heterocycles.